The van der Waals surface area contributed by atoms with Crippen LogP contribution in [0.5, 0.6) is 0 Å². The molecule has 0 radical (unpaired) electrons. The van der Waals surface area contributed by atoms with Gasteiger partial charge in [0.15, 0.2) is 0 Å². The molecule has 2 nitrogen and oxygen atoms in total. The van der Waals surface area contributed by atoms with Gasteiger partial charge in [0.05, 0.1) is 6.61 Å². The molecule has 0 aliphatic carbocycles. The van der Waals surface area contributed by atoms with E-state index in [2.05, 4.69) is 13.8 Å². The van der Waals surface area contributed by atoms with E-state index in [4.69, 9.17) is 4.74 Å². The van der Waals surface area contributed by atoms with Crippen molar-refractivity contribution < 1.29 is 9.53 Å². The predicted octanol–water partition coefficient (Wildman–Crippen LogP) is 4.72. The van der Waals surface area contributed by atoms with Crippen LogP contribution < -0.4 is 0 Å². The van der Waals surface area contributed by atoms with Gasteiger partial charge in [-0.15, -0.1) is 0 Å². The SMILES string of the molecule is CCCCCCCCC(C)CCC(=O)OCC. The van der Waals surface area contributed by atoms with Crippen LogP contribution in [0.25, 0.3) is 0 Å². The van der Waals surface area contributed by atoms with E-state index in [0.29, 0.717) is 18.9 Å². The van der Waals surface area contributed by atoms with E-state index in [1.54, 1.807) is 0 Å². The van der Waals surface area contributed by atoms with E-state index in [-0.39, 0.29) is 5.97 Å². The van der Waals surface area contributed by atoms with Crippen LogP contribution in [0.4, 0.5) is 0 Å². The van der Waals surface area contributed by atoms with Gasteiger partial charge in [0.2, 0.25) is 0 Å². The van der Waals surface area contributed by atoms with Crippen molar-refractivity contribution in [3.05, 3.63) is 0 Å². The van der Waals surface area contributed by atoms with Crippen molar-refractivity contribution in [1.29, 1.82) is 0 Å². The fraction of sp³-hybridized carbons (Fsp3) is 0.933. The summed E-state index contributed by atoms with van der Waals surface area (Å²) < 4.78 is 4.92. The lowest BCUT2D eigenvalue weighted by atomic mass is 9.97. The summed E-state index contributed by atoms with van der Waals surface area (Å²) in [6.07, 6.45) is 10.9. The lowest BCUT2D eigenvalue weighted by Gasteiger charge is -2.10. The van der Waals surface area contributed by atoms with Gasteiger partial charge >= 0.3 is 5.97 Å². The second-order valence-electron chi connectivity index (χ2n) is 5.01. The number of rotatable bonds is 11. The Labute approximate surface area is 107 Å². The molecule has 0 aliphatic heterocycles. The summed E-state index contributed by atoms with van der Waals surface area (Å²) in [5.74, 6) is 0.618. The molecule has 0 aromatic rings. The van der Waals surface area contributed by atoms with Crippen molar-refractivity contribution >= 4 is 5.97 Å². The van der Waals surface area contributed by atoms with Crippen LogP contribution in [-0.4, -0.2) is 12.6 Å². The Kier molecular flexibility index (Phi) is 11.6. The molecule has 17 heavy (non-hydrogen) atoms. The minimum absolute atomic E-state index is 0.0395. The zero-order valence-electron chi connectivity index (χ0n) is 12.0. The monoisotopic (exact) mass is 242 g/mol. The average molecular weight is 242 g/mol. The van der Waals surface area contributed by atoms with Crippen LogP contribution in [0.2, 0.25) is 0 Å². The normalized spacial score (nSPS) is 12.4. The second kappa shape index (κ2) is 11.9. The lowest BCUT2D eigenvalue weighted by Crippen LogP contribution is -2.06. The van der Waals surface area contributed by atoms with Crippen molar-refractivity contribution in [2.24, 2.45) is 5.92 Å². The highest BCUT2D eigenvalue weighted by molar-refractivity contribution is 5.69. The first kappa shape index (κ1) is 16.5. The van der Waals surface area contributed by atoms with Crippen LogP contribution >= 0.6 is 0 Å². The highest BCUT2D eigenvalue weighted by atomic mass is 16.5. The van der Waals surface area contributed by atoms with Crippen molar-refractivity contribution in [3.8, 4) is 0 Å². The van der Waals surface area contributed by atoms with E-state index in [1.165, 1.54) is 44.9 Å². The summed E-state index contributed by atoms with van der Waals surface area (Å²) in [5.41, 5.74) is 0. The van der Waals surface area contributed by atoms with Gasteiger partial charge in [0.1, 0.15) is 0 Å². The molecule has 1 atom stereocenters. The maximum atomic E-state index is 11.2. The van der Waals surface area contributed by atoms with E-state index >= 15 is 0 Å². The summed E-state index contributed by atoms with van der Waals surface area (Å²) in [6, 6.07) is 0. The van der Waals surface area contributed by atoms with E-state index in [0.717, 1.165) is 6.42 Å². The number of unbranched alkanes of at least 4 members (excludes halogenated alkanes) is 5. The standard InChI is InChI=1S/C15H30O2/c1-4-6-7-8-9-10-11-14(3)12-13-15(16)17-5-2/h14H,4-13H2,1-3H3. The van der Waals surface area contributed by atoms with Crippen molar-refractivity contribution in [3.63, 3.8) is 0 Å². The maximum Gasteiger partial charge on any atom is 0.305 e. The number of hydrogen-bond acceptors (Lipinski definition) is 2. The maximum absolute atomic E-state index is 11.2. The Morgan fingerprint density at radius 2 is 1.65 bits per heavy atom. The van der Waals surface area contributed by atoms with Gasteiger partial charge in [-0.25, -0.2) is 0 Å². The summed E-state index contributed by atoms with van der Waals surface area (Å²) in [7, 11) is 0. The third-order valence-corrected chi connectivity index (χ3v) is 3.20. The van der Waals surface area contributed by atoms with Crippen molar-refractivity contribution in [1.82, 2.24) is 0 Å². The number of esters is 1. The first-order chi connectivity index (χ1) is 8.20. The third-order valence-electron chi connectivity index (χ3n) is 3.20. The summed E-state index contributed by atoms with van der Waals surface area (Å²) in [5, 5.41) is 0. The van der Waals surface area contributed by atoms with Gasteiger partial charge in [0.25, 0.3) is 0 Å². The molecule has 0 rings (SSSR count). The Balaban J connectivity index is 3.28. The quantitative estimate of drug-likeness (QED) is 0.387. The molecule has 0 aromatic carbocycles. The fourth-order valence-corrected chi connectivity index (χ4v) is 2.01. The molecule has 2 heteroatoms. The van der Waals surface area contributed by atoms with Crippen molar-refractivity contribution in [2.75, 3.05) is 6.61 Å². The van der Waals surface area contributed by atoms with Gasteiger partial charge in [-0.1, -0.05) is 58.8 Å². The van der Waals surface area contributed by atoms with Crippen molar-refractivity contribution in [2.45, 2.75) is 78.6 Å². The number of carbonyl (C=O) groups excluding carboxylic acids is 1. The van der Waals surface area contributed by atoms with Crippen LogP contribution in [0, 0.1) is 5.92 Å². The van der Waals surface area contributed by atoms with Crippen LogP contribution in [0.3, 0.4) is 0 Å². The van der Waals surface area contributed by atoms with Crippen LogP contribution in [-0.2, 0) is 9.53 Å². The van der Waals surface area contributed by atoms with Gasteiger partial charge < -0.3 is 4.74 Å². The summed E-state index contributed by atoms with van der Waals surface area (Å²) >= 11 is 0. The molecule has 0 aliphatic rings. The first-order valence-electron chi connectivity index (χ1n) is 7.36. The molecule has 102 valence electrons. The minimum Gasteiger partial charge on any atom is -0.466 e. The highest BCUT2D eigenvalue weighted by Crippen LogP contribution is 2.16. The molecule has 0 bridgehead atoms. The molecule has 0 N–H and O–H groups in total. The molecule has 0 aromatic heterocycles. The Bertz CT molecular complexity index is 178. The lowest BCUT2D eigenvalue weighted by molar-refractivity contribution is -0.143. The van der Waals surface area contributed by atoms with E-state index in [9.17, 15) is 4.79 Å². The summed E-state index contributed by atoms with van der Waals surface area (Å²) in [4.78, 5) is 11.2. The van der Waals surface area contributed by atoms with E-state index < -0.39 is 0 Å². The molecule has 0 saturated heterocycles. The Hall–Kier alpha value is -0.530. The Morgan fingerprint density at radius 1 is 1.00 bits per heavy atom. The number of hydrogen-bond donors (Lipinski definition) is 0. The average Bonchev–Trinajstić information content (AvgIpc) is 2.31. The molecular weight excluding hydrogens is 212 g/mol. The first-order valence-corrected chi connectivity index (χ1v) is 7.36. The van der Waals surface area contributed by atoms with Gasteiger partial charge in [-0.05, 0) is 19.3 Å². The fourth-order valence-electron chi connectivity index (χ4n) is 2.01. The molecule has 0 heterocycles. The predicted molar refractivity (Wildman–Crippen MR) is 73.0 cm³/mol. The van der Waals surface area contributed by atoms with Gasteiger partial charge in [-0.3, -0.25) is 4.79 Å². The molecule has 0 amide bonds. The zero-order valence-corrected chi connectivity index (χ0v) is 12.0. The van der Waals surface area contributed by atoms with Crippen LogP contribution in [0.1, 0.15) is 78.6 Å². The largest absolute Gasteiger partial charge is 0.466 e. The molecule has 0 fully saturated rings. The molecule has 1 unspecified atom stereocenters. The zero-order chi connectivity index (χ0) is 12.9. The molecule has 0 saturated carbocycles. The smallest absolute Gasteiger partial charge is 0.305 e. The van der Waals surface area contributed by atoms with Gasteiger partial charge in [-0.2, -0.15) is 0 Å². The third kappa shape index (κ3) is 11.7. The molecule has 0 spiro atoms. The summed E-state index contributed by atoms with van der Waals surface area (Å²) in [6.45, 7) is 6.85. The minimum atomic E-state index is -0.0395. The topological polar surface area (TPSA) is 26.3 Å². The number of carbonyl (C=O) groups is 1. The second-order valence-corrected chi connectivity index (χ2v) is 5.01. The molecular formula is C15H30O2. The highest BCUT2D eigenvalue weighted by Gasteiger charge is 2.06. The Morgan fingerprint density at radius 3 is 2.29 bits per heavy atom. The van der Waals surface area contributed by atoms with E-state index in [1.807, 2.05) is 6.92 Å². The van der Waals surface area contributed by atoms with Crippen LogP contribution in [0.15, 0.2) is 0 Å². The van der Waals surface area contributed by atoms with Gasteiger partial charge in [0, 0.05) is 6.42 Å². The number of ether oxygens (including phenoxy) is 1.